The molecule has 0 aliphatic carbocycles. The van der Waals surface area contributed by atoms with Crippen LogP contribution in [-0.2, 0) is 0 Å². The van der Waals surface area contributed by atoms with Crippen LogP contribution in [0.3, 0.4) is 0 Å². The molecule has 24 heavy (non-hydrogen) atoms. The molecule has 0 unspecified atom stereocenters. The molecular formula is C18H21N5S. The van der Waals surface area contributed by atoms with E-state index in [4.69, 9.17) is 12.2 Å². The van der Waals surface area contributed by atoms with Gasteiger partial charge in [-0.2, -0.15) is 5.10 Å². The van der Waals surface area contributed by atoms with Crippen molar-refractivity contribution in [2.45, 2.75) is 25.7 Å². The number of hydrogen-bond acceptors (Lipinski definition) is 4. The standard InChI is InChI=1S/C18H21N5S/c1-14(17-19-10-5-11-20-17)21-22-18(24)23-12-8-16(9-13-23)15-6-3-2-4-7-15/h2-7,10-11,16H,8-9,12-13H2,1H3,(H,22,24). The van der Waals surface area contributed by atoms with Gasteiger partial charge in [0.25, 0.3) is 0 Å². The summed E-state index contributed by atoms with van der Waals surface area (Å²) in [5.41, 5.74) is 5.11. The van der Waals surface area contributed by atoms with Crippen molar-refractivity contribution in [3.63, 3.8) is 0 Å². The van der Waals surface area contributed by atoms with Gasteiger partial charge in [-0.3, -0.25) is 5.43 Å². The second-order valence-corrected chi connectivity index (χ2v) is 6.25. The summed E-state index contributed by atoms with van der Waals surface area (Å²) in [6.45, 7) is 3.76. The van der Waals surface area contributed by atoms with Crippen LogP contribution in [0.2, 0.25) is 0 Å². The van der Waals surface area contributed by atoms with Crippen molar-refractivity contribution in [1.82, 2.24) is 20.3 Å². The summed E-state index contributed by atoms with van der Waals surface area (Å²) in [6, 6.07) is 12.5. The highest BCUT2D eigenvalue weighted by molar-refractivity contribution is 7.80. The Morgan fingerprint density at radius 1 is 1.12 bits per heavy atom. The van der Waals surface area contributed by atoms with Crippen molar-refractivity contribution in [3.8, 4) is 0 Å². The smallest absolute Gasteiger partial charge is 0.189 e. The summed E-state index contributed by atoms with van der Waals surface area (Å²) in [5, 5.41) is 4.97. The summed E-state index contributed by atoms with van der Waals surface area (Å²) in [6.07, 6.45) is 5.62. The van der Waals surface area contributed by atoms with Gasteiger partial charge in [-0.25, -0.2) is 9.97 Å². The molecule has 1 saturated heterocycles. The first kappa shape index (κ1) is 16.5. The van der Waals surface area contributed by atoms with E-state index in [1.807, 2.05) is 6.92 Å². The van der Waals surface area contributed by atoms with Crippen LogP contribution in [0.4, 0.5) is 0 Å². The van der Waals surface area contributed by atoms with E-state index in [1.165, 1.54) is 5.56 Å². The molecule has 124 valence electrons. The lowest BCUT2D eigenvalue weighted by molar-refractivity contribution is 0.310. The average Bonchev–Trinajstić information content (AvgIpc) is 2.67. The van der Waals surface area contributed by atoms with Gasteiger partial charge in [0.15, 0.2) is 10.9 Å². The minimum absolute atomic E-state index is 0.607. The Morgan fingerprint density at radius 2 is 1.79 bits per heavy atom. The van der Waals surface area contributed by atoms with Crippen LogP contribution in [0.1, 0.15) is 37.1 Å². The second kappa shape index (κ2) is 7.97. The fraction of sp³-hybridized carbons (Fsp3) is 0.333. The lowest BCUT2D eigenvalue weighted by Gasteiger charge is -2.33. The normalized spacial score (nSPS) is 16.0. The second-order valence-electron chi connectivity index (χ2n) is 5.86. The maximum atomic E-state index is 5.46. The van der Waals surface area contributed by atoms with Gasteiger partial charge < -0.3 is 4.90 Å². The molecule has 2 heterocycles. The molecule has 0 spiro atoms. The molecule has 1 aromatic heterocycles. The monoisotopic (exact) mass is 339 g/mol. The maximum Gasteiger partial charge on any atom is 0.189 e. The van der Waals surface area contributed by atoms with E-state index in [-0.39, 0.29) is 0 Å². The molecule has 0 amide bonds. The van der Waals surface area contributed by atoms with Crippen molar-refractivity contribution in [3.05, 3.63) is 60.2 Å². The third kappa shape index (κ3) is 4.14. The van der Waals surface area contributed by atoms with Gasteiger partial charge in [-0.1, -0.05) is 30.3 Å². The van der Waals surface area contributed by atoms with Gasteiger partial charge in [-0.05, 0) is 49.5 Å². The molecule has 5 nitrogen and oxygen atoms in total. The van der Waals surface area contributed by atoms with Crippen LogP contribution < -0.4 is 5.43 Å². The van der Waals surface area contributed by atoms with Crippen LogP contribution in [-0.4, -0.2) is 38.8 Å². The van der Waals surface area contributed by atoms with Crippen LogP contribution >= 0.6 is 12.2 Å². The molecule has 1 N–H and O–H groups in total. The number of aromatic nitrogens is 2. The van der Waals surface area contributed by atoms with E-state index in [1.54, 1.807) is 18.5 Å². The fourth-order valence-corrected chi connectivity index (χ4v) is 3.11. The lowest BCUT2D eigenvalue weighted by Crippen LogP contribution is -2.42. The molecule has 1 aromatic carbocycles. The molecule has 0 bridgehead atoms. The minimum atomic E-state index is 0.607. The zero-order valence-electron chi connectivity index (χ0n) is 13.7. The van der Waals surface area contributed by atoms with Gasteiger partial charge in [0.1, 0.15) is 5.71 Å². The Balaban J connectivity index is 1.52. The SMILES string of the molecule is CC(=NNC(=S)N1CCC(c2ccccc2)CC1)c1ncccn1. The minimum Gasteiger partial charge on any atom is -0.348 e. The maximum absolute atomic E-state index is 5.46. The highest BCUT2D eigenvalue weighted by Crippen LogP contribution is 2.27. The first-order chi connectivity index (χ1) is 11.7. The zero-order chi connectivity index (χ0) is 16.8. The molecule has 0 atom stereocenters. The van der Waals surface area contributed by atoms with Crippen LogP contribution in [0.15, 0.2) is 53.9 Å². The molecule has 6 heteroatoms. The van der Waals surface area contributed by atoms with Crippen LogP contribution in [0.25, 0.3) is 0 Å². The van der Waals surface area contributed by atoms with Crippen LogP contribution in [0.5, 0.6) is 0 Å². The molecule has 0 radical (unpaired) electrons. The predicted octanol–water partition coefficient (Wildman–Crippen LogP) is 2.95. The molecule has 1 aliphatic heterocycles. The molecule has 3 rings (SSSR count). The number of benzene rings is 1. The van der Waals surface area contributed by atoms with Crippen molar-refractivity contribution in [2.24, 2.45) is 5.10 Å². The Hall–Kier alpha value is -2.34. The first-order valence-corrected chi connectivity index (χ1v) is 8.56. The van der Waals surface area contributed by atoms with Crippen molar-refractivity contribution in [1.29, 1.82) is 0 Å². The molecule has 1 aliphatic rings. The summed E-state index contributed by atoms with van der Waals surface area (Å²) in [5.74, 6) is 1.23. The average molecular weight is 339 g/mol. The largest absolute Gasteiger partial charge is 0.348 e. The zero-order valence-corrected chi connectivity index (χ0v) is 14.5. The number of likely N-dealkylation sites (tertiary alicyclic amines) is 1. The van der Waals surface area contributed by atoms with Gasteiger partial charge in [0.05, 0.1) is 0 Å². The van der Waals surface area contributed by atoms with E-state index >= 15 is 0 Å². The summed E-state index contributed by atoms with van der Waals surface area (Å²) >= 11 is 5.46. The van der Waals surface area contributed by atoms with E-state index < -0.39 is 0 Å². The number of hydrogen-bond donors (Lipinski definition) is 1. The Morgan fingerprint density at radius 3 is 2.46 bits per heavy atom. The first-order valence-electron chi connectivity index (χ1n) is 8.15. The molecular weight excluding hydrogens is 318 g/mol. The van der Waals surface area contributed by atoms with E-state index in [0.29, 0.717) is 16.9 Å². The van der Waals surface area contributed by atoms with Crippen molar-refractivity contribution in [2.75, 3.05) is 13.1 Å². The summed E-state index contributed by atoms with van der Waals surface area (Å²) in [4.78, 5) is 10.5. The summed E-state index contributed by atoms with van der Waals surface area (Å²) < 4.78 is 0. The van der Waals surface area contributed by atoms with Crippen LogP contribution in [0, 0.1) is 0 Å². The Bertz CT molecular complexity index is 694. The van der Waals surface area contributed by atoms with E-state index in [2.05, 4.69) is 55.7 Å². The van der Waals surface area contributed by atoms with Crippen molar-refractivity contribution < 1.29 is 0 Å². The fourth-order valence-electron chi connectivity index (χ4n) is 2.88. The van der Waals surface area contributed by atoms with Crippen molar-refractivity contribution >= 4 is 23.0 Å². The number of nitrogens with zero attached hydrogens (tertiary/aromatic N) is 4. The third-order valence-electron chi connectivity index (χ3n) is 4.26. The molecule has 2 aromatic rings. The Kier molecular flexibility index (Phi) is 5.48. The number of piperidine rings is 1. The molecule has 1 fully saturated rings. The predicted molar refractivity (Wildman–Crippen MR) is 100.0 cm³/mol. The van der Waals surface area contributed by atoms with E-state index in [0.717, 1.165) is 31.6 Å². The number of nitrogens with one attached hydrogen (secondary N) is 1. The van der Waals surface area contributed by atoms with Gasteiger partial charge in [0, 0.05) is 25.5 Å². The third-order valence-corrected chi connectivity index (χ3v) is 4.61. The lowest BCUT2D eigenvalue weighted by atomic mass is 9.90. The van der Waals surface area contributed by atoms with Gasteiger partial charge in [0.2, 0.25) is 0 Å². The number of hydrazone groups is 1. The quantitative estimate of drug-likeness (QED) is 0.529. The Labute approximate surface area is 147 Å². The van der Waals surface area contributed by atoms with Gasteiger partial charge in [-0.15, -0.1) is 0 Å². The number of rotatable bonds is 3. The van der Waals surface area contributed by atoms with E-state index in [9.17, 15) is 0 Å². The van der Waals surface area contributed by atoms with Gasteiger partial charge >= 0.3 is 0 Å². The highest BCUT2D eigenvalue weighted by atomic mass is 32.1. The topological polar surface area (TPSA) is 53.4 Å². The number of thiocarbonyl (C=S) groups is 1. The highest BCUT2D eigenvalue weighted by Gasteiger charge is 2.21. The summed E-state index contributed by atoms with van der Waals surface area (Å²) in [7, 11) is 0. The molecule has 0 saturated carbocycles.